The van der Waals surface area contributed by atoms with Crippen molar-refractivity contribution in [2.75, 3.05) is 32.2 Å². The van der Waals surface area contributed by atoms with E-state index in [-0.39, 0.29) is 19.1 Å². The van der Waals surface area contributed by atoms with Gasteiger partial charge in [0, 0.05) is 5.92 Å². The zero-order valence-electron chi connectivity index (χ0n) is 18.2. The van der Waals surface area contributed by atoms with Gasteiger partial charge in [-0.05, 0) is 12.1 Å². The highest BCUT2D eigenvalue weighted by atomic mass is 16.6. The Morgan fingerprint density at radius 1 is 1.22 bits per heavy atom. The van der Waals surface area contributed by atoms with Crippen LogP contribution in [0, 0.1) is 17.2 Å². The maximum Gasteiger partial charge on any atom is 0.223 e. The normalized spacial score (nSPS) is 27.6. The van der Waals surface area contributed by atoms with Gasteiger partial charge < -0.3 is 24.7 Å². The van der Waals surface area contributed by atoms with Crippen molar-refractivity contribution in [2.45, 2.75) is 30.8 Å². The lowest BCUT2D eigenvalue weighted by molar-refractivity contribution is -0.261. The maximum absolute atomic E-state index is 10.5. The van der Waals surface area contributed by atoms with E-state index in [1.54, 1.807) is 34.9 Å². The topological polar surface area (TPSA) is 117 Å². The highest BCUT2D eigenvalue weighted by Gasteiger charge is 2.57. The Morgan fingerprint density at radius 3 is 2.62 bits per heavy atom. The van der Waals surface area contributed by atoms with Crippen LogP contribution in [0.3, 0.4) is 0 Å². The number of rotatable bonds is 11. The predicted octanol–water partition coefficient (Wildman–Crippen LogP) is 2.41. The third kappa shape index (κ3) is 4.31. The van der Waals surface area contributed by atoms with Crippen LogP contribution in [-0.4, -0.2) is 59.3 Å². The maximum atomic E-state index is 10.5. The van der Waals surface area contributed by atoms with Crippen LogP contribution in [0.25, 0.3) is 5.52 Å². The fraction of sp³-hybridized carbons (Fsp3) is 0.435. The summed E-state index contributed by atoms with van der Waals surface area (Å²) in [4.78, 5) is 4.03. The van der Waals surface area contributed by atoms with Crippen molar-refractivity contribution in [3.8, 4) is 6.07 Å². The van der Waals surface area contributed by atoms with Crippen molar-refractivity contribution >= 4 is 11.3 Å². The quantitative estimate of drug-likeness (QED) is 0.419. The zero-order valence-corrected chi connectivity index (χ0v) is 18.2. The monoisotopic (exact) mass is 439 g/mol. The first-order valence-corrected chi connectivity index (χ1v) is 10.3. The third-order valence-electron chi connectivity index (χ3n) is 5.45. The van der Waals surface area contributed by atoms with Crippen LogP contribution in [-0.2, 0) is 24.5 Å². The molecule has 3 heterocycles. The van der Waals surface area contributed by atoms with Crippen LogP contribution >= 0.6 is 0 Å². The van der Waals surface area contributed by atoms with Crippen molar-refractivity contribution in [3.63, 3.8) is 0 Å². The van der Waals surface area contributed by atoms with Crippen LogP contribution in [0.5, 0.6) is 0 Å². The molecule has 0 aliphatic carbocycles. The summed E-state index contributed by atoms with van der Waals surface area (Å²) in [5.74, 6) is 0.0511. The second-order valence-electron chi connectivity index (χ2n) is 7.48. The van der Waals surface area contributed by atoms with Crippen molar-refractivity contribution in [2.24, 2.45) is 5.92 Å². The molecule has 0 spiro atoms. The lowest BCUT2D eigenvalue weighted by Crippen LogP contribution is -2.61. The molecule has 9 heteroatoms. The molecule has 2 N–H and O–H groups in total. The van der Waals surface area contributed by atoms with E-state index in [1.165, 1.54) is 6.33 Å². The standard InChI is InChI=1S/C23H29N5O4/c1-5-10-29-13-18-20(30-11-6-2)16(4)21(31-12-7-3)23(14-24,32-18)19-9-8-17-22(25)26-15-27-28(17)19/h5-9,15-16,18,20-21H,1-3,10-13H2,4H3,(H2,25,26,27). The molecular weight excluding hydrogens is 410 g/mol. The van der Waals surface area contributed by atoms with Gasteiger partial charge in [0.2, 0.25) is 5.60 Å². The van der Waals surface area contributed by atoms with E-state index < -0.39 is 23.9 Å². The molecule has 170 valence electrons. The van der Waals surface area contributed by atoms with E-state index in [4.69, 9.17) is 24.7 Å². The highest BCUT2D eigenvalue weighted by Crippen LogP contribution is 2.44. The van der Waals surface area contributed by atoms with Crippen LogP contribution in [0.1, 0.15) is 12.6 Å². The van der Waals surface area contributed by atoms with Gasteiger partial charge in [0.25, 0.3) is 0 Å². The summed E-state index contributed by atoms with van der Waals surface area (Å²) >= 11 is 0. The van der Waals surface area contributed by atoms with Gasteiger partial charge in [0.15, 0.2) is 5.82 Å². The summed E-state index contributed by atoms with van der Waals surface area (Å²) in [7, 11) is 0. The molecule has 1 fully saturated rings. The molecule has 0 radical (unpaired) electrons. The molecule has 0 aromatic carbocycles. The van der Waals surface area contributed by atoms with Crippen molar-refractivity contribution < 1.29 is 18.9 Å². The van der Waals surface area contributed by atoms with E-state index in [1.807, 2.05) is 6.92 Å². The van der Waals surface area contributed by atoms with E-state index in [0.717, 1.165) is 0 Å². The fourth-order valence-electron chi connectivity index (χ4n) is 4.12. The Kier molecular flexibility index (Phi) is 7.77. The minimum Gasteiger partial charge on any atom is -0.382 e. The van der Waals surface area contributed by atoms with Crippen LogP contribution < -0.4 is 5.73 Å². The van der Waals surface area contributed by atoms with E-state index in [0.29, 0.717) is 30.2 Å². The molecule has 1 aliphatic heterocycles. The molecular formula is C23H29N5O4. The van der Waals surface area contributed by atoms with Gasteiger partial charge in [-0.1, -0.05) is 25.2 Å². The minimum absolute atomic E-state index is 0.205. The lowest BCUT2D eigenvalue weighted by atomic mass is 9.78. The molecule has 1 saturated heterocycles. The van der Waals surface area contributed by atoms with Crippen LogP contribution in [0.4, 0.5) is 5.82 Å². The summed E-state index contributed by atoms with van der Waals surface area (Å²) in [6.07, 6.45) is 4.64. The second-order valence-corrected chi connectivity index (χ2v) is 7.48. The molecule has 0 amide bonds. The lowest BCUT2D eigenvalue weighted by Gasteiger charge is -2.49. The Hall–Kier alpha value is -3.03. The number of fused-ring (bicyclic) bond motifs is 1. The van der Waals surface area contributed by atoms with Gasteiger partial charge in [-0.2, -0.15) is 10.4 Å². The summed E-state index contributed by atoms with van der Waals surface area (Å²) in [6.45, 7) is 14.2. The zero-order chi connectivity index (χ0) is 23.1. The van der Waals surface area contributed by atoms with Gasteiger partial charge >= 0.3 is 0 Å². The molecule has 0 bridgehead atoms. The molecule has 5 unspecified atom stereocenters. The highest BCUT2D eigenvalue weighted by molar-refractivity contribution is 5.66. The number of aromatic nitrogens is 3. The van der Waals surface area contributed by atoms with Crippen LogP contribution in [0.2, 0.25) is 0 Å². The molecule has 2 aromatic heterocycles. The van der Waals surface area contributed by atoms with Crippen molar-refractivity contribution in [1.29, 1.82) is 5.26 Å². The average Bonchev–Trinajstić information content (AvgIpc) is 3.24. The van der Waals surface area contributed by atoms with Gasteiger partial charge in [0.1, 0.15) is 30.1 Å². The number of anilines is 1. The summed E-state index contributed by atoms with van der Waals surface area (Å²) in [5.41, 5.74) is 5.56. The largest absolute Gasteiger partial charge is 0.382 e. The molecule has 32 heavy (non-hydrogen) atoms. The van der Waals surface area contributed by atoms with Crippen molar-refractivity contribution in [3.05, 3.63) is 62.1 Å². The molecule has 1 aliphatic rings. The third-order valence-corrected chi connectivity index (χ3v) is 5.45. The number of nitriles is 1. The number of hydrogen-bond acceptors (Lipinski definition) is 8. The van der Waals surface area contributed by atoms with Gasteiger partial charge in [-0.25, -0.2) is 9.50 Å². The van der Waals surface area contributed by atoms with Gasteiger partial charge in [-0.15, -0.1) is 19.7 Å². The Morgan fingerprint density at radius 2 is 1.94 bits per heavy atom. The fourth-order valence-corrected chi connectivity index (χ4v) is 4.12. The van der Waals surface area contributed by atoms with E-state index >= 15 is 0 Å². The van der Waals surface area contributed by atoms with Crippen LogP contribution in [0.15, 0.2) is 56.4 Å². The Labute approximate surface area is 187 Å². The first-order valence-electron chi connectivity index (χ1n) is 10.3. The Balaban J connectivity index is 2.12. The SMILES string of the molecule is C=CCOCC1OC(C#N)(c2ccc3c(N)ncnn23)C(OCC=C)C(C)C1OCC=C. The molecule has 5 atom stereocenters. The predicted molar refractivity (Wildman–Crippen MR) is 120 cm³/mol. The number of nitrogens with zero attached hydrogens (tertiary/aromatic N) is 4. The molecule has 3 rings (SSSR count). The first-order chi connectivity index (χ1) is 15.5. The molecule has 0 saturated carbocycles. The summed E-state index contributed by atoms with van der Waals surface area (Å²) in [5, 5.41) is 14.8. The first kappa shape index (κ1) is 23.6. The Bertz CT molecular complexity index is 998. The molecule has 9 nitrogen and oxygen atoms in total. The van der Waals surface area contributed by atoms with E-state index in [9.17, 15) is 5.26 Å². The summed E-state index contributed by atoms with van der Waals surface area (Å²) in [6, 6.07) is 5.88. The second kappa shape index (κ2) is 10.5. The average molecular weight is 440 g/mol. The number of nitrogens with two attached hydrogens (primary N) is 1. The minimum atomic E-state index is -1.51. The van der Waals surface area contributed by atoms with Gasteiger partial charge in [-0.3, -0.25) is 0 Å². The number of ether oxygens (including phenoxy) is 4. The summed E-state index contributed by atoms with van der Waals surface area (Å²) < 4.78 is 25.9. The van der Waals surface area contributed by atoms with E-state index in [2.05, 4.69) is 35.9 Å². The van der Waals surface area contributed by atoms with Gasteiger partial charge in [0.05, 0.1) is 38.2 Å². The van der Waals surface area contributed by atoms with Crippen molar-refractivity contribution in [1.82, 2.24) is 14.6 Å². The number of nitrogen functional groups attached to an aromatic ring is 1. The smallest absolute Gasteiger partial charge is 0.223 e. The molecule has 2 aromatic rings. The number of hydrogen-bond donors (Lipinski definition) is 1.